The first-order valence-corrected chi connectivity index (χ1v) is 10.6. The van der Waals surface area contributed by atoms with E-state index in [-0.39, 0.29) is 11.8 Å². The lowest BCUT2D eigenvalue weighted by Crippen LogP contribution is -2.55. The maximum atomic E-state index is 13.5. The smallest absolute Gasteiger partial charge is 0.249 e. The second-order valence-electron chi connectivity index (χ2n) is 8.02. The predicted octanol–water partition coefficient (Wildman–Crippen LogP) is 5.13. The largest absolute Gasteiger partial charge is 0.288 e. The van der Waals surface area contributed by atoms with E-state index in [0.29, 0.717) is 0 Å². The molecule has 31 heavy (non-hydrogen) atoms. The molecule has 0 radical (unpaired) electrons. The van der Waals surface area contributed by atoms with Crippen LogP contribution < -0.4 is 5.32 Å². The van der Waals surface area contributed by atoms with Gasteiger partial charge in [-0.25, -0.2) is 4.98 Å². The van der Waals surface area contributed by atoms with Crippen molar-refractivity contribution in [2.75, 3.05) is 0 Å². The summed E-state index contributed by atoms with van der Waals surface area (Å²) in [5, 5.41) is 3.81. The van der Waals surface area contributed by atoms with E-state index >= 15 is 0 Å². The Kier molecular flexibility index (Phi) is 6.10. The summed E-state index contributed by atoms with van der Waals surface area (Å²) < 4.78 is 1.56. The molecule has 0 aliphatic heterocycles. The quantitative estimate of drug-likeness (QED) is 0.431. The van der Waals surface area contributed by atoms with Gasteiger partial charge >= 0.3 is 0 Å². The van der Waals surface area contributed by atoms with Crippen molar-refractivity contribution in [3.05, 3.63) is 126 Å². The number of benzene rings is 3. The molecule has 0 bridgehead atoms. The van der Waals surface area contributed by atoms with Gasteiger partial charge in [0.15, 0.2) is 0 Å². The molecule has 4 heteroatoms. The average molecular weight is 410 g/mol. The molecule has 0 aliphatic carbocycles. The molecular formula is C27H27N3O. The van der Waals surface area contributed by atoms with E-state index in [4.69, 9.17) is 0 Å². The summed E-state index contributed by atoms with van der Waals surface area (Å²) >= 11 is 0. The maximum Gasteiger partial charge on any atom is 0.249 e. The molecule has 1 unspecified atom stereocenters. The fraction of sp³-hybridized carbons (Fsp3) is 0.185. The van der Waals surface area contributed by atoms with Crippen molar-refractivity contribution >= 4 is 5.91 Å². The zero-order valence-corrected chi connectivity index (χ0v) is 17.8. The van der Waals surface area contributed by atoms with Crippen LogP contribution in [0.4, 0.5) is 0 Å². The first-order valence-electron chi connectivity index (χ1n) is 10.6. The average Bonchev–Trinajstić information content (AvgIpc) is 3.36. The highest BCUT2D eigenvalue weighted by atomic mass is 16.2. The topological polar surface area (TPSA) is 46.9 Å². The van der Waals surface area contributed by atoms with E-state index in [2.05, 4.69) is 60.5 Å². The predicted molar refractivity (Wildman–Crippen MR) is 124 cm³/mol. The molecule has 1 heterocycles. The summed E-state index contributed by atoms with van der Waals surface area (Å²) in [6.07, 6.45) is 4.90. The van der Waals surface area contributed by atoms with Crippen molar-refractivity contribution in [1.29, 1.82) is 0 Å². The van der Waals surface area contributed by atoms with Gasteiger partial charge in [-0.05, 0) is 22.6 Å². The minimum absolute atomic E-state index is 0.0281. The highest BCUT2D eigenvalue weighted by Crippen LogP contribution is 2.38. The molecule has 4 rings (SSSR count). The van der Waals surface area contributed by atoms with Crippen molar-refractivity contribution in [2.24, 2.45) is 5.92 Å². The molecule has 1 aromatic heterocycles. The van der Waals surface area contributed by atoms with Crippen LogP contribution >= 0.6 is 0 Å². The summed E-state index contributed by atoms with van der Waals surface area (Å²) in [5.41, 5.74) is 2.54. The van der Waals surface area contributed by atoms with Crippen molar-refractivity contribution in [1.82, 2.24) is 14.9 Å². The molecule has 156 valence electrons. The number of carbonyl (C=O) groups excluding carboxylic acids is 1. The van der Waals surface area contributed by atoms with Crippen molar-refractivity contribution < 1.29 is 4.79 Å². The van der Waals surface area contributed by atoms with E-state index in [0.717, 1.165) is 16.7 Å². The fourth-order valence-electron chi connectivity index (χ4n) is 4.11. The molecular weight excluding hydrogens is 382 g/mol. The number of imidazole rings is 1. The zero-order valence-electron chi connectivity index (χ0n) is 17.8. The molecule has 0 amide bonds. The Balaban J connectivity index is 1.94. The highest BCUT2D eigenvalue weighted by molar-refractivity contribution is 5.84. The Morgan fingerprint density at radius 2 is 1.26 bits per heavy atom. The van der Waals surface area contributed by atoms with Gasteiger partial charge in [-0.1, -0.05) is 105 Å². The summed E-state index contributed by atoms with van der Waals surface area (Å²) in [6.45, 7) is 4.14. The van der Waals surface area contributed by atoms with Crippen molar-refractivity contribution in [2.45, 2.75) is 25.4 Å². The lowest BCUT2D eigenvalue weighted by Gasteiger charge is -2.40. The molecule has 4 nitrogen and oxygen atoms in total. The van der Waals surface area contributed by atoms with Crippen LogP contribution in [0.2, 0.25) is 0 Å². The number of nitrogens with zero attached hydrogens (tertiary/aromatic N) is 2. The number of hydrogen-bond acceptors (Lipinski definition) is 3. The van der Waals surface area contributed by atoms with E-state index in [1.807, 2.05) is 54.6 Å². The van der Waals surface area contributed by atoms with Gasteiger partial charge < -0.3 is 0 Å². The Morgan fingerprint density at radius 1 is 0.806 bits per heavy atom. The van der Waals surface area contributed by atoms with Gasteiger partial charge in [0.1, 0.15) is 6.33 Å². The Hall–Kier alpha value is -3.50. The zero-order chi connectivity index (χ0) is 21.7. The van der Waals surface area contributed by atoms with Crippen LogP contribution in [-0.4, -0.2) is 21.5 Å². The number of aromatic nitrogens is 2. The lowest BCUT2D eigenvalue weighted by atomic mass is 9.76. The lowest BCUT2D eigenvalue weighted by molar-refractivity contribution is 0.0813. The van der Waals surface area contributed by atoms with Crippen LogP contribution in [-0.2, 0) is 5.54 Å². The second-order valence-corrected chi connectivity index (χ2v) is 8.02. The first kappa shape index (κ1) is 20.8. The van der Waals surface area contributed by atoms with Gasteiger partial charge in [-0.15, -0.1) is 0 Å². The minimum atomic E-state index is -0.699. The number of nitrogens with one attached hydrogen (secondary N) is 1. The van der Waals surface area contributed by atoms with Gasteiger partial charge in [0.25, 0.3) is 0 Å². The summed E-state index contributed by atoms with van der Waals surface area (Å²) in [5.74, 6) is 0.0325. The molecule has 4 aromatic rings. The van der Waals surface area contributed by atoms with Gasteiger partial charge in [0.05, 0.1) is 11.6 Å². The van der Waals surface area contributed by atoms with Crippen LogP contribution in [0, 0.1) is 5.92 Å². The van der Waals surface area contributed by atoms with Gasteiger partial charge in [0, 0.05) is 12.4 Å². The Morgan fingerprint density at radius 3 is 1.61 bits per heavy atom. The van der Waals surface area contributed by atoms with Crippen molar-refractivity contribution in [3.63, 3.8) is 0 Å². The second kappa shape index (κ2) is 9.11. The molecule has 0 spiro atoms. The number of rotatable bonds is 7. The van der Waals surface area contributed by atoms with E-state index in [9.17, 15) is 4.79 Å². The first-order chi connectivity index (χ1) is 15.1. The SMILES string of the molecule is CC(C)C(NC(c1ccccc1)(c1ccccc1)c1ccccc1)C(=O)n1ccnc1. The summed E-state index contributed by atoms with van der Waals surface area (Å²) in [7, 11) is 0. The molecule has 0 aliphatic rings. The molecule has 1 N–H and O–H groups in total. The molecule has 1 atom stereocenters. The fourth-order valence-corrected chi connectivity index (χ4v) is 4.11. The molecule has 0 saturated heterocycles. The third kappa shape index (κ3) is 4.07. The van der Waals surface area contributed by atoms with Crippen LogP contribution in [0.5, 0.6) is 0 Å². The van der Waals surface area contributed by atoms with E-state index < -0.39 is 11.6 Å². The molecule has 0 fully saturated rings. The van der Waals surface area contributed by atoms with Crippen LogP contribution in [0.25, 0.3) is 0 Å². The van der Waals surface area contributed by atoms with E-state index in [1.54, 1.807) is 23.3 Å². The summed E-state index contributed by atoms with van der Waals surface area (Å²) in [4.78, 5) is 17.5. The number of hydrogen-bond donors (Lipinski definition) is 1. The van der Waals surface area contributed by atoms with Crippen LogP contribution in [0.1, 0.15) is 35.3 Å². The summed E-state index contributed by atoms with van der Waals surface area (Å²) in [6, 6.07) is 30.6. The number of carbonyl (C=O) groups is 1. The van der Waals surface area contributed by atoms with Gasteiger partial charge in [-0.3, -0.25) is 14.7 Å². The van der Waals surface area contributed by atoms with Crippen LogP contribution in [0.3, 0.4) is 0 Å². The van der Waals surface area contributed by atoms with Crippen molar-refractivity contribution in [3.8, 4) is 0 Å². The standard InChI is InChI=1S/C27H27N3O/c1-21(2)25(26(31)30-19-18-28-20-30)29-27(22-12-6-3-7-13-22,23-14-8-4-9-15-23)24-16-10-5-11-17-24/h3-21,25,29H,1-2H3. The van der Waals surface area contributed by atoms with Gasteiger partial charge in [0.2, 0.25) is 5.91 Å². The van der Waals surface area contributed by atoms with Crippen LogP contribution in [0.15, 0.2) is 110 Å². The van der Waals surface area contributed by atoms with E-state index in [1.165, 1.54) is 0 Å². The third-order valence-electron chi connectivity index (χ3n) is 5.68. The highest BCUT2D eigenvalue weighted by Gasteiger charge is 2.40. The molecule has 3 aromatic carbocycles. The Bertz CT molecular complexity index is 995. The van der Waals surface area contributed by atoms with Gasteiger partial charge in [-0.2, -0.15) is 0 Å². The Labute approximate surface area is 183 Å². The monoisotopic (exact) mass is 409 g/mol. The maximum absolute atomic E-state index is 13.5. The molecule has 0 saturated carbocycles. The third-order valence-corrected chi connectivity index (χ3v) is 5.68. The minimum Gasteiger partial charge on any atom is -0.288 e. The normalized spacial score (nSPS) is 12.6.